The highest BCUT2D eigenvalue weighted by atomic mass is 35.5. The molecule has 1 unspecified atom stereocenters. The van der Waals surface area contributed by atoms with Crippen molar-refractivity contribution in [3.63, 3.8) is 0 Å². The molecule has 1 amide bonds. The first-order valence-electron chi connectivity index (χ1n) is 6.54. The highest BCUT2D eigenvalue weighted by molar-refractivity contribution is 6.34. The Kier molecular flexibility index (Phi) is 4.32. The number of anilines is 1. The Morgan fingerprint density at radius 3 is 2.84 bits per heavy atom. The average molecular weight is 282 g/mol. The summed E-state index contributed by atoms with van der Waals surface area (Å²) in [5, 5.41) is 0.426. The van der Waals surface area contributed by atoms with Gasteiger partial charge in [0.2, 0.25) is 0 Å². The first-order valence-corrected chi connectivity index (χ1v) is 6.92. The molecule has 4 nitrogen and oxygen atoms in total. The van der Waals surface area contributed by atoms with Crippen LogP contribution < -0.4 is 5.73 Å². The second kappa shape index (κ2) is 5.80. The van der Waals surface area contributed by atoms with Gasteiger partial charge in [0.25, 0.3) is 5.91 Å². The minimum atomic E-state index is -0.0640. The third-order valence-corrected chi connectivity index (χ3v) is 3.88. The van der Waals surface area contributed by atoms with Crippen LogP contribution in [0, 0.1) is 0 Å². The van der Waals surface area contributed by atoms with Crippen LogP contribution in [-0.4, -0.2) is 48.4 Å². The van der Waals surface area contributed by atoms with Gasteiger partial charge >= 0.3 is 0 Å². The lowest BCUT2D eigenvalue weighted by Gasteiger charge is -2.28. The molecule has 1 atom stereocenters. The zero-order valence-corrected chi connectivity index (χ0v) is 12.2. The van der Waals surface area contributed by atoms with Crippen molar-refractivity contribution in [2.45, 2.75) is 19.4 Å². The largest absolute Gasteiger partial charge is 0.398 e. The Morgan fingerprint density at radius 2 is 2.16 bits per heavy atom. The van der Waals surface area contributed by atoms with Gasteiger partial charge in [0, 0.05) is 24.8 Å². The summed E-state index contributed by atoms with van der Waals surface area (Å²) in [6.45, 7) is 4.68. The van der Waals surface area contributed by atoms with Crippen molar-refractivity contribution in [2.75, 3.05) is 32.4 Å². The Bertz CT molecular complexity index is 458. The molecule has 19 heavy (non-hydrogen) atoms. The molecule has 0 spiro atoms. The van der Waals surface area contributed by atoms with E-state index in [1.54, 1.807) is 18.2 Å². The smallest absolute Gasteiger partial charge is 0.257 e. The van der Waals surface area contributed by atoms with E-state index in [1.165, 1.54) is 0 Å². The topological polar surface area (TPSA) is 49.6 Å². The Labute approximate surface area is 119 Å². The number of likely N-dealkylation sites (N-methyl/N-ethyl adjacent to an activating group) is 1. The Balaban J connectivity index is 2.28. The van der Waals surface area contributed by atoms with Crippen molar-refractivity contribution in [1.29, 1.82) is 0 Å². The first-order chi connectivity index (χ1) is 9.00. The fourth-order valence-electron chi connectivity index (χ4n) is 2.58. The standard InChI is InChI=1S/C14H20ClN3O/c1-10-9-17(2)7-4-8-18(10)14(19)13-11(15)5-3-6-12(13)16/h3,5-6,10H,4,7-9,16H2,1-2H3. The van der Waals surface area contributed by atoms with Crippen molar-refractivity contribution in [2.24, 2.45) is 0 Å². The summed E-state index contributed by atoms with van der Waals surface area (Å²) in [7, 11) is 2.08. The van der Waals surface area contributed by atoms with Gasteiger partial charge in [-0.3, -0.25) is 4.79 Å². The number of carbonyl (C=O) groups excluding carboxylic acids is 1. The van der Waals surface area contributed by atoms with Gasteiger partial charge in [-0.05, 0) is 39.1 Å². The fraction of sp³-hybridized carbons (Fsp3) is 0.500. The fourth-order valence-corrected chi connectivity index (χ4v) is 2.85. The number of rotatable bonds is 1. The molecule has 0 saturated carbocycles. The minimum Gasteiger partial charge on any atom is -0.398 e. The maximum Gasteiger partial charge on any atom is 0.257 e. The minimum absolute atomic E-state index is 0.0640. The van der Waals surface area contributed by atoms with E-state index in [9.17, 15) is 4.79 Å². The lowest BCUT2D eigenvalue weighted by atomic mass is 10.1. The van der Waals surface area contributed by atoms with Gasteiger partial charge in [0.15, 0.2) is 0 Å². The number of nitrogen functional groups attached to an aromatic ring is 1. The van der Waals surface area contributed by atoms with Crippen LogP contribution in [0.25, 0.3) is 0 Å². The number of nitrogens with zero attached hydrogens (tertiary/aromatic N) is 2. The number of nitrogens with two attached hydrogens (primary N) is 1. The maximum absolute atomic E-state index is 12.7. The molecule has 1 fully saturated rings. The number of halogens is 1. The third-order valence-electron chi connectivity index (χ3n) is 3.57. The molecule has 5 heteroatoms. The molecule has 1 aromatic carbocycles. The van der Waals surface area contributed by atoms with Crippen molar-refractivity contribution in [3.8, 4) is 0 Å². The summed E-state index contributed by atoms with van der Waals surface area (Å²) in [5.41, 5.74) is 6.78. The molecule has 2 rings (SSSR count). The van der Waals surface area contributed by atoms with Gasteiger partial charge in [-0.2, -0.15) is 0 Å². The molecule has 0 aromatic heterocycles. The lowest BCUT2D eigenvalue weighted by molar-refractivity contribution is 0.0698. The Morgan fingerprint density at radius 1 is 1.42 bits per heavy atom. The van der Waals surface area contributed by atoms with Gasteiger partial charge in [0.1, 0.15) is 0 Å². The lowest BCUT2D eigenvalue weighted by Crippen LogP contribution is -2.42. The molecule has 2 N–H and O–H groups in total. The van der Waals surface area contributed by atoms with Crippen LogP contribution in [0.4, 0.5) is 5.69 Å². The molecule has 1 heterocycles. The van der Waals surface area contributed by atoms with E-state index in [2.05, 4.69) is 18.9 Å². The SMILES string of the molecule is CC1CN(C)CCCN1C(=O)c1c(N)cccc1Cl. The third kappa shape index (κ3) is 3.01. The second-order valence-corrected chi connectivity index (χ2v) is 5.57. The summed E-state index contributed by atoms with van der Waals surface area (Å²) in [4.78, 5) is 16.8. The van der Waals surface area contributed by atoms with E-state index in [1.807, 2.05) is 4.90 Å². The van der Waals surface area contributed by atoms with E-state index < -0.39 is 0 Å². The van der Waals surface area contributed by atoms with Gasteiger partial charge < -0.3 is 15.5 Å². The van der Waals surface area contributed by atoms with Crippen molar-refractivity contribution in [1.82, 2.24) is 9.80 Å². The second-order valence-electron chi connectivity index (χ2n) is 5.17. The highest BCUT2D eigenvalue weighted by Crippen LogP contribution is 2.25. The van der Waals surface area contributed by atoms with Crippen LogP contribution in [0.2, 0.25) is 5.02 Å². The van der Waals surface area contributed by atoms with Crippen molar-refractivity contribution >= 4 is 23.2 Å². The summed E-state index contributed by atoms with van der Waals surface area (Å²) >= 11 is 6.12. The molecular formula is C14H20ClN3O. The summed E-state index contributed by atoms with van der Waals surface area (Å²) in [5.74, 6) is -0.0640. The number of hydrogen-bond acceptors (Lipinski definition) is 3. The van der Waals surface area contributed by atoms with Crippen LogP contribution in [0.1, 0.15) is 23.7 Å². The van der Waals surface area contributed by atoms with Crippen LogP contribution in [0.3, 0.4) is 0 Å². The number of amides is 1. The molecule has 0 aliphatic carbocycles. The molecule has 1 aliphatic rings. The van der Waals surface area contributed by atoms with Crippen molar-refractivity contribution in [3.05, 3.63) is 28.8 Å². The summed E-state index contributed by atoms with van der Waals surface area (Å²) < 4.78 is 0. The summed E-state index contributed by atoms with van der Waals surface area (Å²) in [6.07, 6.45) is 0.969. The predicted octanol–water partition coefficient (Wildman–Crippen LogP) is 2.09. The van der Waals surface area contributed by atoms with Crippen molar-refractivity contribution < 1.29 is 4.79 Å². The van der Waals surface area contributed by atoms with Crippen LogP contribution >= 0.6 is 11.6 Å². The molecule has 0 radical (unpaired) electrons. The van der Waals surface area contributed by atoms with Crippen LogP contribution in [0.5, 0.6) is 0 Å². The Hall–Kier alpha value is -1.26. The molecular weight excluding hydrogens is 262 g/mol. The van der Waals surface area contributed by atoms with Gasteiger partial charge in [-0.15, -0.1) is 0 Å². The van der Waals surface area contributed by atoms with E-state index in [-0.39, 0.29) is 11.9 Å². The zero-order valence-electron chi connectivity index (χ0n) is 11.4. The quantitative estimate of drug-likeness (QED) is 0.802. The van der Waals surface area contributed by atoms with Gasteiger partial charge in [-0.25, -0.2) is 0 Å². The molecule has 104 valence electrons. The molecule has 1 aliphatic heterocycles. The highest BCUT2D eigenvalue weighted by Gasteiger charge is 2.27. The molecule has 1 saturated heterocycles. The molecule has 0 bridgehead atoms. The van der Waals surface area contributed by atoms with Gasteiger partial charge in [-0.1, -0.05) is 17.7 Å². The number of carbonyl (C=O) groups is 1. The van der Waals surface area contributed by atoms with Crippen LogP contribution in [0.15, 0.2) is 18.2 Å². The van der Waals surface area contributed by atoms with E-state index >= 15 is 0 Å². The normalized spacial score (nSPS) is 21.2. The predicted molar refractivity (Wildman–Crippen MR) is 78.5 cm³/mol. The number of hydrogen-bond donors (Lipinski definition) is 1. The molecule has 1 aromatic rings. The summed E-state index contributed by atoms with van der Waals surface area (Å²) in [6, 6.07) is 5.34. The maximum atomic E-state index is 12.7. The number of benzene rings is 1. The zero-order chi connectivity index (χ0) is 14.0. The average Bonchev–Trinajstić information content (AvgIpc) is 2.49. The monoisotopic (exact) mass is 281 g/mol. The van der Waals surface area contributed by atoms with E-state index in [0.29, 0.717) is 16.3 Å². The van der Waals surface area contributed by atoms with E-state index in [0.717, 1.165) is 26.1 Å². The van der Waals surface area contributed by atoms with E-state index in [4.69, 9.17) is 17.3 Å². The van der Waals surface area contributed by atoms with Crippen LogP contribution in [-0.2, 0) is 0 Å². The van der Waals surface area contributed by atoms with Gasteiger partial charge in [0.05, 0.1) is 10.6 Å². The first kappa shape index (κ1) is 14.2.